The third kappa shape index (κ3) is 2.66. The Morgan fingerprint density at radius 2 is 2.32 bits per heavy atom. The van der Waals surface area contributed by atoms with Gasteiger partial charge in [0.2, 0.25) is 0 Å². The van der Waals surface area contributed by atoms with Crippen LogP contribution in [0.2, 0.25) is 0 Å². The highest BCUT2D eigenvalue weighted by Crippen LogP contribution is 2.43. The van der Waals surface area contributed by atoms with E-state index in [1.54, 1.807) is 0 Å². The van der Waals surface area contributed by atoms with Crippen LogP contribution < -0.4 is 5.32 Å². The fourth-order valence-corrected chi connectivity index (χ4v) is 5.52. The number of hydrogen-bond acceptors (Lipinski definition) is 7. The Morgan fingerprint density at radius 1 is 1.47 bits per heavy atom. The first kappa shape index (κ1) is 13.7. The van der Waals surface area contributed by atoms with Gasteiger partial charge in [-0.05, 0) is 19.4 Å². The minimum Gasteiger partial charge on any atom is -0.379 e. The maximum atomic E-state index is 10.4. The van der Waals surface area contributed by atoms with E-state index in [0.717, 1.165) is 24.5 Å². The Hall–Kier alpha value is -0.240. The van der Waals surface area contributed by atoms with Crippen molar-refractivity contribution in [1.29, 1.82) is 0 Å². The third-order valence-electron chi connectivity index (χ3n) is 3.68. The van der Waals surface area contributed by atoms with Crippen LogP contribution in [0.4, 0.5) is 0 Å². The lowest BCUT2D eigenvalue weighted by Crippen LogP contribution is -2.29. The van der Waals surface area contributed by atoms with Gasteiger partial charge in [0.1, 0.15) is 0 Å². The van der Waals surface area contributed by atoms with Crippen LogP contribution in [-0.4, -0.2) is 45.1 Å². The summed E-state index contributed by atoms with van der Waals surface area (Å²) in [5.74, 6) is 3.44. The Morgan fingerprint density at radius 3 is 3.05 bits per heavy atom. The van der Waals surface area contributed by atoms with E-state index in [0.29, 0.717) is 29.4 Å². The van der Waals surface area contributed by atoms with Crippen molar-refractivity contribution in [1.82, 2.24) is 15.5 Å². The molecule has 0 spiro atoms. The molecule has 106 valence electrons. The zero-order chi connectivity index (χ0) is 13.3. The van der Waals surface area contributed by atoms with Gasteiger partial charge in [-0.25, -0.2) is 0 Å². The second kappa shape index (κ2) is 5.63. The zero-order valence-corrected chi connectivity index (χ0v) is 12.6. The van der Waals surface area contributed by atoms with Crippen molar-refractivity contribution in [2.75, 3.05) is 24.6 Å². The Labute approximate surface area is 121 Å². The van der Waals surface area contributed by atoms with Gasteiger partial charge in [-0.3, -0.25) is 0 Å². The molecule has 0 aromatic carbocycles. The molecule has 2 aliphatic rings. The molecule has 3 atom stereocenters. The van der Waals surface area contributed by atoms with E-state index in [4.69, 9.17) is 4.52 Å². The molecular formula is C12H19N3O2S2. The van der Waals surface area contributed by atoms with Crippen molar-refractivity contribution in [3.8, 4) is 0 Å². The summed E-state index contributed by atoms with van der Waals surface area (Å²) in [5.41, 5.74) is -0.973. The molecule has 3 unspecified atom stereocenters. The third-order valence-corrected chi connectivity index (χ3v) is 6.92. The van der Waals surface area contributed by atoms with E-state index in [1.807, 2.05) is 23.5 Å². The number of hydrogen-bond donors (Lipinski definition) is 2. The largest absolute Gasteiger partial charge is 0.379 e. The van der Waals surface area contributed by atoms with Crippen LogP contribution in [0.15, 0.2) is 4.52 Å². The van der Waals surface area contributed by atoms with Crippen LogP contribution in [0.25, 0.3) is 0 Å². The summed E-state index contributed by atoms with van der Waals surface area (Å²) < 4.78 is 5.32. The smallest absolute Gasteiger partial charge is 0.260 e. The number of nitrogens with zero attached hydrogens (tertiary/aromatic N) is 2. The SMILES string of the molecule is CCC1SCCSC1c1noc(C2(O)CCNC2)n1. The molecule has 2 aliphatic heterocycles. The average Bonchev–Trinajstić information content (AvgIpc) is 3.08. The lowest BCUT2D eigenvalue weighted by molar-refractivity contribution is 0.0243. The Balaban J connectivity index is 1.80. The standard InChI is InChI=1S/C12H19N3O2S2/c1-2-8-9(19-6-5-18-8)10-14-11(17-15-10)12(16)3-4-13-7-12/h8-9,13,16H,2-7H2,1H3. The van der Waals surface area contributed by atoms with Gasteiger partial charge in [0.15, 0.2) is 11.4 Å². The van der Waals surface area contributed by atoms with Gasteiger partial charge in [0, 0.05) is 23.3 Å². The summed E-state index contributed by atoms with van der Waals surface area (Å²) in [6.45, 7) is 3.49. The van der Waals surface area contributed by atoms with Crippen molar-refractivity contribution >= 4 is 23.5 Å². The summed E-state index contributed by atoms with van der Waals surface area (Å²) in [5, 5.41) is 18.5. The molecule has 2 fully saturated rings. The molecule has 3 heterocycles. The maximum Gasteiger partial charge on any atom is 0.260 e. The second-order valence-electron chi connectivity index (χ2n) is 5.02. The molecule has 5 nitrogen and oxygen atoms in total. The monoisotopic (exact) mass is 301 g/mol. The molecule has 2 N–H and O–H groups in total. The second-order valence-corrected chi connectivity index (χ2v) is 7.62. The van der Waals surface area contributed by atoms with Gasteiger partial charge in [-0.1, -0.05) is 12.1 Å². The number of β-amino-alcohol motifs (C(OH)–C–C–N with tert-alkyl or cyclic N) is 1. The first-order valence-electron chi connectivity index (χ1n) is 6.73. The van der Waals surface area contributed by atoms with Crippen LogP contribution in [0.5, 0.6) is 0 Å². The number of nitrogens with one attached hydrogen (secondary N) is 1. The van der Waals surface area contributed by atoms with Crippen molar-refractivity contribution in [3.63, 3.8) is 0 Å². The molecule has 1 aromatic rings. The summed E-state index contributed by atoms with van der Waals surface area (Å²) in [7, 11) is 0. The molecular weight excluding hydrogens is 282 g/mol. The molecule has 7 heteroatoms. The van der Waals surface area contributed by atoms with Crippen LogP contribution >= 0.6 is 23.5 Å². The lowest BCUT2D eigenvalue weighted by atomic mass is 10.0. The van der Waals surface area contributed by atoms with Crippen LogP contribution in [-0.2, 0) is 5.60 Å². The minimum absolute atomic E-state index is 0.291. The molecule has 1 aromatic heterocycles. The van der Waals surface area contributed by atoms with Gasteiger partial charge < -0.3 is 14.9 Å². The highest BCUT2D eigenvalue weighted by Gasteiger charge is 2.40. The van der Waals surface area contributed by atoms with Crippen LogP contribution in [0.1, 0.15) is 36.7 Å². The first-order valence-corrected chi connectivity index (χ1v) is 8.83. The maximum absolute atomic E-state index is 10.4. The average molecular weight is 301 g/mol. The highest BCUT2D eigenvalue weighted by molar-refractivity contribution is 8.06. The quantitative estimate of drug-likeness (QED) is 0.877. The zero-order valence-electron chi connectivity index (χ0n) is 11.0. The topological polar surface area (TPSA) is 71.2 Å². The van der Waals surface area contributed by atoms with E-state index < -0.39 is 5.60 Å². The number of thioether (sulfide) groups is 2. The molecule has 0 bridgehead atoms. The fourth-order valence-electron chi connectivity index (χ4n) is 2.54. The van der Waals surface area contributed by atoms with Gasteiger partial charge in [0.05, 0.1) is 5.25 Å². The van der Waals surface area contributed by atoms with Gasteiger partial charge in [-0.15, -0.1) is 11.8 Å². The molecule has 3 rings (SSSR count). The fraction of sp³-hybridized carbons (Fsp3) is 0.833. The van der Waals surface area contributed by atoms with Crippen LogP contribution in [0.3, 0.4) is 0 Å². The molecule has 19 heavy (non-hydrogen) atoms. The minimum atomic E-state index is -0.973. The summed E-state index contributed by atoms with van der Waals surface area (Å²) in [6, 6.07) is 0. The van der Waals surface area contributed by atoms with E-state index in [9.17, 15) is 5.11 Å². The van der Waals surface area contributed by atoms with Gasteiger partial charge >= 0.3 is 0 Å². The highest BCUT2D eigenvalue weighted by atomic mass is 32.2. The van der Waals surface area contributed by atoms with Gasteiger partial charge in [-0.2, -0.15) is 16.7 Å². The van der Waals surface area contributed by atoms with E-state index >= 15 is 0 Å². The van der Waals surface area contributed by atoms with E-state index in [1.165, 1.54) is 5.75 Å². The predicted molar refractivity (Wildman–Crippen MR) is 77.4 cm³/mol. The molecule has 0 saturated carbocycles. The summed E-state index contributed by atoms with van der Waals surface area (Å²) in [4.78, 5) is 4.48. The number of aliphatic hydroxyl groups is 1. The molecule has 0 radical (unpaired) electrons. The molecule has 0 aliphatic carbocycles. The van der Waals surface area contributed by atoms with Crippen LogP contribution in [0, 0.1) is 0 Å². The van der Waals surface area contributed by atoms with Crippen molar-refractivity contribution in [2.45, 2.75) is 35.9 Å². The van der Waals surface area contributed by atoms with Crippen molar-refractivity contribution in [3.05, 3.63) is 11.7 Å². The number of rotatable bonds is 3. The summed E-state index contributed by atoms with van der Waals surface area (Å²) in [6.07, 6.45) is 1.75. The van der Waals surface area contributed by atoms with E-state index in [-0.39, 0.29) is 0 Å². The first-order chi connectivity index (χ1) is 9.23. The lowest BCUT2D eigenvalue weighted by Gasteiger charge is -2.27. The van der Waals surface area contributed by atoms with Gasteiger partial charge in [0.25, 0.3) is 5.89 Å². The predicted octanol–water partition coefficient (Wildman–Crippen LogP) is 1.55. The molecule has 2 saturated heterocycles. The Bertz CT molecular complexity index is 434. The normalized spacial score (nSPS) is 35.7. The summed E-state index contributed by atoms with van der Waals surface area (Å²) >= 11 is 3.89. The van der Waals surface area contributed by atoms with Crippen molar-refractivity contribution < 1.29 is 9.63 Å². The molecule has 0 amide bonds. The van der Waals surface area contributed by atoms with Crippen molar-refractivity contribution in [2.24, 2.45) is 0 Å². The Kier molecular flexibility index (Phi) is 4.07. The number of aromatic nitrogens is 2. The van der Waals surface area contributed by atoms with E-state index in [2.05, 4.69) is 22.4 Å².